The van der Waals surface area contributed by atoms with Gasteiger partial charge < -0.3 is 4.98 Å². The number of hydrogen-bond donors (Lipinski definition) is 1. The van der Waals surface area contributed by atoms with Crippen molar-refractivity contribution < 1.29 is 0 Å². The Balaban J connectivity index is 1.39. The molecule has 0 radical (unpaired) electrons. The van der Waals surface area contributed by atoms with Gasteiger partial charge in [0.25, 0.3) is 0 Å². The number of aryl methyl sites for hydroxylation is 1. The van der Waals surface area contributed by atoms with E-state index >= 15 is 0 Å². The number of nitrogens with zero attached hydrogens (tertiary/aromatic N) is 4. The Bertz CT molecular complexity index is 794. The number of rotatable bonds is 4. The van der Waals surface area contributed by atoms with E-state index in [9.17, 15) is 0 Å². The zero-order valence-electron chi connectivity index (χ0n) is 13.8. The lowest BCUT2D eigenvalue weighted by molar-refractivity contribution is 0.325. The Morgan fingerprint density at radius 1 is 1.08 bits per heavy atom. The predicted octanol–water partition coefficient (Wildman–Crippen LogP) is 3.16. The van der Waals surface area contributed by atoms with Crippen molar-refractivity contribution in [1.82, 2.24) is 24.8 Å². The normalized spacial score (nSPS) is 18.1. The smallest absolute Gasteiger partial charge is 0.159 e. The quantitative estimate of drug-likeness (QED) is 0.802. The maximum absolute atomic E-state index is 4.52. The molecule has 0 unspecified atom stereocenters. The van der Waals surface area contributed by atoms with Gasteiger partial charge in [-0.3, -0.25) is 4.90 Å². The summed E-state index contributed by atoms with van der Waals surface area (Å²) in [6.07, 6.45) is 6.95. The average molecular weight is 319 g/mol. The molecule has 5 heteroatoms. The first kappa shape index (κ1) is 15.0. The summed E-state index contributed by atoms with van der Waals surface area (Å²) in [4.78, 5) is 19.3. The molecule has 1 aliphatic heterocycles. The van der Waals surface area contributed by atoms with E-state index in [2.05, 4.69) is 31.8 Å². The molecular weight excluding hydrogens is 298 g/mol. The van der Waals surface area contributed by atoms with Crippen LogP contribution in [0.2, 0.25) is 0 Å². The van der Waals surface area contributed by atoms with E-state index in [1.54, 1.807) is 0 Å². The molecule has 0 spiro atoms. The van der Waals surface area contributed by atoms with Crippen molar-refractivity contribution in [3.8, 4) is 11.4 Å². The van der Waals surface area contributed by atoms with Gasteiger partial charge in [0.2, 0.25) is 0 Å². The highest BCUT2D eigenvalue weighted by Crippen LogP contribution is 2.26. The number of aromatic amines is 1. The van der Waals surface area contributed by atoms with E-state index in [0.29, 0.717) is 5.92 Å². The molecule has 5 nitrogen and oxygen atoms in total. The highest BCUT2D eigenvalue weighted by Gasteiger charge is 2.25. The number of benzene rings is 1. The Labute approximate surface area is 141 Å². The van der Waals surface area contributed by atoms with Gasteiger partial charge >= 0.3 is 0 Å². The monoisotopic (exact) mass is 319 g/mol. The fourth-order valence-corrected chi connectivity index (χ4v) is 3.27. The van der Waals surface area contributed by atoms with Crippen LogP contribution in [0.25, 0.3) is 11.4 Å². The third-order valence-electron chi connectivity index (χ3n) is 4.53. The van der Waals surface area contributed by atoms with Crippen molar-refractivity contribution in [3.63, 3.8) is 0 Å². The van der Waals surface area contributed by atoms with Gasteiger partial charge in [-0.2, -0.15) is 0 Å². The van der Waals surface area contributed by atoms with Crippen LogP contribution in [-0.2, 0) is 6.54 Å². The Morgan fingerprint density at radius 3 is 2.58 bits per heavy atom. The Kier molecular flexibility index (Phi) is 4.09. The van der Waals surface area contributed by atoms with E-state index in [1.807, 2.05) is 48.9 Å². The first-order valence-corrected chi connectivity index (χ1v) is 8.38. The molecule has 0 amide bonds. The fraction of sp³-hybridized carbons (Fsp3) is 0.316. The summed E-state index contributed by atoms with van der Waals surface area (Å²) in [5, 5.41) is 0. The molecule has 0 aliphatic carbocycles. The summed E-state index contributed by atoms with van der Waals surface area (Å²) < 4.78 is 0. The Morgan fingerprint density at radius 2 is 1.88 bits per heavy atom. The number of H-pyrrole nitrogens is 1. The molecule has 1 saturated heterocycles. The number of nitrogens with one attached hydrogen (secondary N) is 1. The molecule has 2 aromatic heterocycles. The topological polar surface area (TPSA) is 57.7 Å². The maximum Gasteiger partial charge on any atom is 0.159 e. The summed E-state index contributed by atoms with van der Waals surface area (Å²) in [7, 11) is 0. The van der Waals surface area contributed by atoms with E-state index in [-0.39, 0.29) is 0 Å². The van der Waals surface area contributed by atoms with Crippen LogP contribution < -0.4 is 0 Å². The largest absolute Gasteiger partial charge is 0.346 e. The van der Waals surface area contributed by atoms with Crippen molar-refractivity contribution in [2.24, 2.45) is 0 Å². The zero-order valence-corrected chi connectivity index (χ0v) is 13.8. The van der Waals surface area contributed by atoms with Crippen molar-refractivity contribution in [2.75, 3.05) is 13.1 Å². The van der Waals surface area contributed by atoms with Crippen molar-refractivity contribution >= 4 is 0 Å². The van der Waals surface area contributed by atoms with Gasteiger partial charge in [0.05, 0.1) is 0 Å². The lowest BCUT2D eigenvalue weighted by Crippen LogP contribution is -2.20. The van der Waals surface area contributed by atoms with Crippen LogP contribution >= 0.6 is 0 Å². The highest BCUT2D eigenvalue weighted by molar-refractivity contribution is 5.53. The van der Waals surface area contributed by atoms with Crippen molar-refractivity contribution in [1.29, 1.82) is 0 Å². The first-order valence-electron chi connectivity index (χ1n) is 8.38. The third kappa shape index (κ3) is 3.21. The SMILES string of the molecule is Cc1cnc([C@H]2CCN(Cc3cnc(-c4ccccc4)nc3)C2)[nH]1. The van der Waals surface area contributed by atoms with Gasteiger partial charge in [0.15, 0.2) is 5.82 Å². The molecule has 0 bridgehead atoms. The van der Waals surface area contributed by atoms with Crippen LogP contribution in [0.1, 0.15) is 29.4 Å². The average Bonchev–Trinajstić information content (AvgIpc) is 3.25. The zero-order chi connectivity index (χ0) is 16.4. The van der Waals surface area contributed by atoms with Crippen LogP contribution in [0.15, 0.2) is 48.9 Å². The summed E-state index contributed by atoms with van der Waals surface area (Å²) in [6, 6.07) is 10.1. The van der Waals surface area contributed by atoms with Gasteiger partial charge in [-0.1, -0.05) is 30.3 Å². The first-order chi connectivity index (χ1) is 11.8. The highest BCUT2D eigenvalue weighted by atomic mass is 15.2. The predicted molar refractivity (Wildman–Crippen MR) is 93.4 cm³/mol. The maximum atomic E-state index is 4.52. The minimum atomic E-state index is 0.503. The van der Waals surface area contributed by atoms with Gasteiger partial charge in [-0.05, 0) is 19.9 Å². The summed E-state index contributed by atoms with van der Waals surface area (Å²) >= 11 is 0. The number of imidazole rings is 1. The van der Waals surface area contributed by atoms with E-state index < -0.39 is 0 Å². The van der Waals surface area contributed by atoms with E-state index in [1.165, 1.54) is 0 Å². The van der Waals surface area contributed by atoms with E-state index in [0.717, 1.165) is 54.5 Å². The van der Waals surface area contributed by atoms with Gasteiger partial charge in [0, 0.05) is 54.4 Å². The summed E-state index contributed by atoms with van der Waals surface area (Å²) in [6.45, 7) is 5.07. The molecule has 3 heterocycles. The second kappa shape index (κ2) is 6.53. The van der Waals surface area contributed by atoms with Gasteiger partial charge in [0.1, 0.15) is 5.82 Å². The number of hydrogen-bond acceptors (Lipinski definition) is 4. The van der Waals surface area contributed by atoms with Crippen LogP contribution in [0, 0.1) is 6.92 Å². The molecule has 1 atom stereocenters. The van der Waals surface area contributed by atoms with Crippen molar-refractivity contribution in [3.05, 3.63) is 66.0 Å². The molecule has 1 N–H and O–H groups in total. The molecule has 1 aromatic carbocycles. The van der Waals surface area contributed by atoms with Crippen LogP contribution in [0.5, 0.6) is 0 Å². The third-order valence-corrected chi connectivity index (χ3v) is 4.53. The molecule has 1 aliphatic rings. The van der Waals surface area contributed by atoms with Crippen LogP contribution in [-0.4, -0.2) is 37.9 Å². The molecule has 122 valence electrons. The number of likely N-dealkylation sites (tertiary alicyclic amines) is 1. The minimum absolute atomic E-state index is 0.503. The summed E-state index contributed by atoms with van der Waals surface area (Å²) in [5.74, 6) is 2.40. The van der Waals surface area contributed by atoms with Crippen LogP contribution in [0.3, 0.4) is 0 Å². The fourth-order valence-electron chi connectivity index (χ4n) is 3.27. The van der Waals surface area contributed by atoms with Crippen LogP contribution in [0.4, 0.5) is 0 Å². The molecule has 0 saturated carbocycles. The standard InChI is InChI=1S/C19H21N5/c1-14-9-20-19(23-14)17-7-8-24(13-17)12-15-10-21-18(22-11-15)16-5-3-2-4-6-16/h2-6,9-11,17H,7-8,12-13H2,1H3,(H,20,23)/t17-/m0/s1. The summed E-state index contributed by atoms with van der Waals surface area (Å²) in [5.41, 5.74) is 3.35. The molecular formula is C19H21N5. The van der Waals surface area contributed by atoms with Crippen molar-refractivity contribution in [2.45, 2.75) is 25.8 Å². The van der Waals surface area contributed by atoms with Gasteiger partial charge in [-0.15, -0.1) is 0 Å². The molecule has 24 heavy (non-hydrogen) atoms. The molecule has 1 fully saturated rings. The van der Waals surface area contributed by atoms with E-state index in [4.69, 9.17) is 0 Å². The second-order valence-corrected chi connectivity index (χ2v) is 6.45. The molecule has 4 rings (SSSR count). The lowest BCUT2D eigenvalue weighted by atomic mass is 10.1. The Hall–Kier alpha value is -2.53. The minimum Gasteiger partial charge on any atom is -0.346 e. The second-order valence-electron chi connectivity index (χ2n) is 6.45. The lowest BCUT2D eigenvalue weighted by Gasteiger charge is -2.15. The molecule has 3 aromatic rings. The van der Waals surface area contributed by atoms with Gasteiger partial charge in [-0.25, -0.2) is 15.0 Å². The number of aromatic nitrogens is 4.